The van der Waals surface area contributed by atoms with E-state index in [9.17, 15) is 13.5 Å². The van der Waals surface area contributed by atoms with Crippen LogP contribution >= 0.6 is 11.6 Å². The van der Waals surface area contributed by atoms with Crippen LogP contribution in [0.5, 0.6) is 0 Å². The third-order valence-corrected chi connectivity index (χ3v) is 4.90. The first-order valence-electron chi connectivity index (χ1n) is 6.96. The number of nitrogens with zero attached hydrogens (tertiary/aromatic N) is 1. The number of piperidine rings is 1. The molecule has 2 N–H and O–H groups in total. The number of rotatable bonds is 5. The van der Waals surface area contributed by atoms with Crippen LogP contribution in [0.3, 0.4) is 0 Å². The number of aliphatic hydroxyl groups is 1. The maximum absolute atomic E-state index is 10.7. The normalized spacial score (nSPS) is 24.1. The van der Waals surface area contributed by atoms with E-state index >= 15 is 0 Å². The molecule has 5 nitrogen and oxygen atoms in total. The minimum Gasteiger partial charge on any atom is -0.391 e. The van der Waals surface area contributed by atoms with Gasteiger partial charge in [0.25, 0.3) is 10.1 Å². The Bertz CT molecular complexity index is 561. The van der Waals surface area contributed by atoms with E-state index in [-0.39, 0.29) is 11.7 Å². The zero-order valence-corrected chi connectivity index (χ0v) is 13.2. The predicted octanol–water partition coefficient (Wildman–Crippen LogP) is 1.77. The molecule has 2 unspecified atom stereocenters. The summed E-state index contributed by atoms with van der Waals surface area (Å²) in [5.41, 5.74) is 1.07. The lowest BCUT2D eigenvalue weighted by Gasteiger charge is -2.36. The summed E-state index contributed by atoms with van der Waals surface area (Å²) >= 11 is 5.86. The summed E-state index contributed by atoms with van der Waals surface area (Å²) in [4.78, 5) is 2.03. The molecule has 0 aliphatic carbocycles. The summed E-state index contributed by atoms with van der Waals surface area (Å²) in [6, 6.07) is 7.51. The third kappa shape index (κ3) is 5.23. The molecule has 118 valence electrons. The zero-order chi connectivity index (χ0) is 15.5. The Morgan fingerprint density at radius 3 is 2.52 bits per heavy atom. The van der Waals surface area contributed by atoms with E-state index in [1.807, 2.05) is 29.2 Å². The number of benzene rings is 1. The lowest BCUT2D eigenvalue weighted by molar-refractivity contribution is 0.0515. The first-order chi connectivity index (χ1) is 9.85. The van der Waals surface area contributed by atoms with Gasteiger partial charge in [0.05, 0.1) is 11.9 Å². The minimum atomic E-state index is -3.90. The molecule has 1 aromatic rings. The molecule has 0 amide bonds. The number of hydrogen-bond donors (Lipinski definition) is 2. The van der Waals surface area contributed by atoms with Crippen molar-refractivity contribution in [2.75, 3.05) is 25.4 Å². The molecule has 0 aromatic heterocycles. The van der Waals surface area contributed by atoms with Gasteiger partial charge in [-0.25, -0.2) is 0 Å². The fraction of sp³-hybridized carbons (Fsp3) is 0.571. The molecule has 0 spiro atoms. The maximum Gasteiger partial charge on any atom is 0.264 e. The Balaban J connectivity index is 1.86. The highest BCUT2D eigenvalue weighted by Crippen LogP contribution is 2.29. The first kappa shape index (κ1) is 16.7. The maximum atomic E-state index is 10.7. The highest BCUT2D eigenvalue weighted by molar-refractivity contribution is 7.85. The van der Waals surface area contributed by atoms with Crippen LogP contribution in [0.15, 0.2) is 24.3 Å². The second-order valence-electron chi connectivity index (χ2n) is 5.45. The van der Waals surface area contributed by atoms with Crippen molar-refractivity contribution in [2.45, 2.75) is 24.9 Å². The molecule has 0 radical (unpaired) electrons. The van der Waals surface area contributed by atoms with Crippen LogP contribution in [-0.2, 0) is 10.1 Å². The Hall–Kier alpha value is -0.660. The smallest absolute Gasteiger partial charge is 0.264 e. The van der Waals surface area contributed by atoms with E-state index in [1.165, 1.54) is 0 Å². The predicted molar refractivity (Wildman–Crippen MR) is 82.3 cm³/mol. The van der Waals surface area contributed by atoms with Gasteiger partial charge in [0.15, 0.2) is 0 Å². The van der Waals surface area contributed by atoms with Crippen LogP contribution in [0.4, 0.5) is 0 Å². The number of likely N-dealkylation sites (tertiary alicyclic amines) is 1. The Kier molecular flexibility index (Phi) is 5.62. The fourth-order valence-corrected chi connectivity index (χ4v) is 3.39. The zero-order valence-electron chi connectivity index (χ0n) is 11.7. The van der Waals surface area contributed by atoms with E-state index in [1.54, 1.807) is 0 Å². The monoisotopic (exact) mass is 333 g/mol. The molecule has 2 atom stereocenters. The second kappa shape index (κ2) is 7.07. The van der Waals surface area contributed by atoms with Crippen molar-refractivity contribution in [3.05, 3.63) is 34.9 Å². The van der Waals surface area contributed by atoms with Crippen LogP contribution in [-0.4, -0.2) is 54.5 Å². The van der Waals surface area contributed by atoms with Crippen molar-refractivity contribution in [3.63, 3.8) is 0 Å². The number of halogens is 1. The molecular formula is C14H20ClNO4S. The van der Waals surface area contributed by atoms with Gasteiger partial charge in [-0.05, 0) is 43.6 Å². The topological polar surface area (TPSA) is 77.8 Å². The lowest BCUT2D eigenvalue weighted by atomic mass is 9.87. The highest BCUT2D eigenvalue weighted by Gasteiger charge is 2.28. The van der Waals surface area contributed by atoms with E-state index in [0.29, 0.717) is 24.5 Å². The lowest BCUT2D eigenvalue weighted by Crippen LogP contribution is -2.43. The van der Waals surface area contributed by atoms with Gasteiger partial charge in [-0.3, -0.25) is 4.55 Å². The van der Waals surface area contributed by atoms with Gasteiger partial charge >= 0.3 is 0 Å². The number of β-amino-alcohol motifs (C(OH)–C–C–N with tert-alkyl or cyclic N) is 1. The summed E-state index contributed by atoms with van der Waals surface area (Å²) < 4.78 is 30.1. The van der Waals surface area contributed by atoms with Gasteiger partial charge in [0, 0.05) is 17.5 Å². The van der Waals surface area contributed by atoms with Gasteiger partial charge in [0.2, 0.25) is 0 Å². The molecule has 7 heteroatoms. The molecule has 1 fully saturated rings. The van der Waals surface area contributed by atoms with Gasteiger partial charge in [-0.2, -0.15) is 8.42 Å². The molecule has 0 bridgehead atoms. The van der Waals surface area contributed by atoms with Gasteiger partial charge in [-0.15, -0.1) is 0 Å². The molecule has 1 heterocycles. The van der Waals surface area contributed by atoms with E-state index in [4.69, 9.17) is 16.2 Å². The Labute approximate surface area is 130 Å². The van der Waals surface area contributed by atoms with Crippen molar-refractivity contribution in [3.8, 4) is 0 Å². The van der Waals surface area contributed by atoms with Gasteiger partial charge in [-0.1, -0.05) is 23.7 Å². The van der Waals surface area contributed by atoms with Crippen molar-refractivity contribution >= 4 is 21.7 Å². The molecule has 1 aliphatic rings. The first-order valence-corrected chi connectivity index (χ1v) is 8.95. The number of hydrogen-bond acceptors (Lipinski definition) is 4. The average Bonchev–Trinajstić information content (AvgIpc) is 2.39. The molecule has 1 saturated heterocycles. The fourth-order valence-electron chi connectivity index (χ4n) is 2.77. The third-order valence-electron chi connectivity index (χ3n) is 3.84. The SMILES string of the molecule is O=S(=O)(O)CCCN1CCC(c2ccc(Cl)cc2)C(O)C1. The van der Waals surface area contributed by atoms with Crippen molar-refractivity contribution in [1.29, 1.82) is 0 Å². The minimum absolute atomic E-state index is 0.0834. The molecule has 0 saturated carbocycles. The molecule has 21 heavy (non-hydrogen) atoms. The van der Waals surface area contributed by atoms with Crippen LogP contribution in [0.1, 0.15) is 24.3 Å². The summed E-state index contributed by atoms with van der Waals surface area (Å²) in [5, 5.41) is 11.0. The summed E-state index contributed by atoms with van der Waals surface area (Å²) in [7, 11) is -3.90. The van der Waals surface area contributed by atoms with Crippen LogP contribution in [0, 0.1) is 0 Å². The largest absolute Gasteiger partial charge is 0.391 e. The highest BCUT2D eigenvalue weighted by atomic mass is 35.5. The summed E-state index contributed by atoms with van der Waals surface area (Å²) in [6.45, 7) is 1.87. The van der Waals surface area contributed by atoms with Gasteiger partial charge < -0.3 is 10.0 Å². The van der Waals surface area contributed by atoms with Crippen molar-refractivity contribution in [2.24, 2.45) is 0 Å². The second-order valence-corrected chi connectivity index (χ2v) is 7.46. The van der Waals surface area contributed by atoms with E-state index in [0.717, 1.165) is 18.5 Å². The molecular weight excluding hydrogens is 314 g/mol. The van der Waals surface area contributed by atoms with Crippen molar-refractivity contribution in [1.82, 2.24) is 4.90 Å². The Morgan fingerprint density at radius 1 is 1.29 bits per heavy atom. The van der Waals surface area contributed by atoms with E-state index < -0.39 is 16.2 Å². The molecule has 1 aromatic carbocycles. The molecule has 2 rings (SSSR count). The summed E-state index contributed by atoms with van der Waals surface area (Å²) in [5.74, 6) is -0.152. The van der Waals surface area contributed by atoms with Crippen LogP contribution in [0.2, 0.25) is 5.02 Å². The van der Waals surface area contributed by atoms with Crippen LogP contribution < -0.4 is 0 Å². The average molecular weight is 334 g/mol. The number of aliphatic hydroxyl groups excluding tert-OH is 1. The Morgan fingerprint density at radius 2 is 1.95 bits per heavy atom. The quantitative estimate of drug-likeness (QED) is 0.803. The van der Waals surface area contributed by atoms with Crippen molar-refractivity contribution < 1.29 is 18.1 Å². The van der Waals surface area contributed by atoms with E-state index in [2.05, 4.69) is 0 Å². The standard InChI is InChI=1S/C14H20ClNO4S/c15-12-4-2-11(3-5-12)13-6-8-16(10-14(13)17)7-1-9-21(18,19)20/h2-5,13-14,17H,1,6-10H2,(H,18,19,20). The van der Waals surface area contributed by atoms with Crippen LogP contribution in [0.25, 0.3) is 0 Å². The molecule has 1 aliphatic heterocycles. The van der Waals surface area contributed by atoms with Gasteiger partial charge in [0.1, 0.15) is 0 Å². The summed E-state index contributed by atoms with van der Waals surface area (Å²) in [6.07, 6.45) is 0.705.